The van der Waals surface area contributed by atoms with Gasteiger partial charge < -0.3 is 0 Å². The van der Waals surface area contributed by atoms with E-state index in [4.69, 9.17) is 4.74 Å². The molecular weight excluding hydrogens is 143 g/mol. The van der Waals surface area contributed by atoms with Crippen LogP contribution in [0.15, 0.2) is 24.3 Å². The van der Waals surface area contributed by atoms with Gasteiger partial charge in [-0.25, -0.2) is 0 Å². The summed E-state index contributed by atoms with van der Waals surface area (Å²) in [7, 11) is 0. The molecule has 0 heterocycles. The molecule has 0 aliphatic heterocycles. The van der Waals surface area contributed by atoms with Crippen molar-refractivity contribution in [2.75, 3.05) is 0 Å². The molecule has 1 rings (SSSR count). The molecule has 0 saturated heterocycles. The van der Waals surface area contributed by atoms with Crippen LogP contribution in [0.3, 0.4) is 0 Å². The zero-order valence-electron chi connectivity index (χ0n) is 8.22. The van der Waals surface area contributed by atoms with E-state index in [-0.39, 0.29) is 5.60 Å². The molecule has 0 aromatic heterocycles. The van der Waals surface area contributed by atoms with Gasteiger partial charge in [0.1, 0.15) is 0 Å². The molecule has 60 valence electrons. The van der Waals surface area contributed by atoms with Gasteiger partial charge in [-0.05, 0) is 0 Å². The second kappa shape index (κ2) is 3.56. The molecule has 0 aliphatic carbocycles. The first kappa shape index (κ1) is 9.70. The number of rotatable bonds is 1. The Balaban J connectivity index is 2.71. The van der Waals surface area contributed by atoms with Gasteiger partial charge in [0.2, 0.25) is 0 Å². The van der Waals surface area contributed by atoms with Crippen LogP contribution in [0.5, 0.6) is 5.75 Å². The average molecular weight is 156 g/mol. The number of benzene rings is 1. The zero-order valence-corrected chi connectivity index (χ0v) is 8.22. The van der Waals surface area contributed by atoms with Crippen LogP contribution in [-0.4, -0.2) is 23.3 Å². The number of ether oxygens (including phenoxy) is 1. The summed E-state index contributed by atoms with van der Waals surface area (Å²) in [4.78, 5) is 0. The Kier molecular flexibility index (Phi) is 2.88. The van der Waals surface area contributed by atoms with Gasteiger partial charge in [0.15, 0.2) is 0 Å². The van der Waals surface area contributed by atoms with Crippen molar-refractivity contribution in [1.82, 2.24) is 0 Å². The Bertz CT molecular complexity index is 246. The topological polar surface area (TPSA) is 9.23 Å². The molecule has 1 aromatic rings. The summed E-state index contributed by atoms with van der Waals surface area (Å²) in [6.45, 7) is 6.15. The average Bonchev–Trinajstić information content (AvgIpc) is 1.91. The van der Waals surface area contributed by atoms with Crippen LogP contribution in [0.25, 0.3) is 0 Å². The molecule has 2 heteroatoms. The first-order chi connectivity index (χ1) is 5.47. The molecule has 12 heavy (non-hydrogen) atoms. The summed E-state index contributed by atoms with van der Waals surface area (Å²) in [6.07, 6.45) is 0. The Hall–Kier alpha value is -0.383. The summed E-state index contributed by atoms with van der Waals surface area (Å²) in [5.74, 6) is 0.938. The molecule has 0 atom stereocenters. The van der Waals surface area contributed by atoms with Crippen molar-refractivity contribution < 1.29 is 4.74 Å². The third-order valence-corrected chi connectivity index (χ3v) is 1.45. The van der Waals surface area contributed by atoms with E-state index in [1.165, 1.54) is 4.24 Å². The first-order valence-corrected chi connectivity index (χ1v) is 4.23. The predicted molar refractivity (Wildman–Crippen MR) is 52.2 cm³/mol. The van der Waals surface area contributed by atoms with Crippen LogP contribution < -0.4 is 8.97 Å². The van der Waals surface area contributed by atoms with Crippen LogP contribution in [-0.2, 0) is 0 Å². The van der Waals surface area contributed by atoms with Gasteiger partial charge in [-0.2, -0.15) is 0 Å². The van der Waals surface area contributed by atoms with Crippen molar-refractivity contribution in [2.45, 2.75) is 26.4 Å². The molecule has 0 radical (unpaired) electrons. The van der Waals surface area contributed by atoms with Gasteiger partial charge in [-0.1, -0.05) is 0 Å². The Morgan fingerprint density at radius 2 is 1.58 bits per heavy atom. The Morgan fingerprint density at radius 3 is 2.00 bits per heavy atom. The molecule has 0 spiro atoms. The molecule has 0 bridgehead atoms. The van der Waals surface area contributed by atoms with E-state index < -0.39 is 0 Å². The fraction of sp³-hybridized carbons (Fsp3) is 0.400. The van der Waals surface area contributed by atoms with Crippen molar-refractivity contribution in [3.63, 3.8) is 0 Å². The maximum absolute atomic E-state index is 5.66. The van der Waals surface area contributed by atoms with E-state index in [0.717, 1.165) is 5.75 Å². The summed E-state index contributed by atoms with van der Waals surface area (Å²) in [5, 5.41) is 0. The SMILES string of the molecule is [Li][c]1ccc(OC(C)(C)C)cc1. The van der Waals surface area contributed by atoms with Crippen molar-refractivity contribution in [3.05, 3.63) is 24.3 Å². The van der Waals surface area contributed by atoms with E-state index in [1.807, 2.05) is 32.9 Å². The molecule has 1 aromatic carbocycles. The standard InChI is InChI=1S/C10H13O.Li/c1-10(2,3)11-9-7-5-4-6-8-9;/h5-8H,1-3H3;. The molecule has 0 aliphatic rings. The van der Waals surface area contributed by atoms with Gasteiger partial charge >= 0.3 is 83.1 Å². The van der Waals surface area contributed by atoms with Gasteiger partial charge in [0.25, 0.3) is 0 Å². The van der Waals surface area contributed by atoms with Crippen LogP contribution in [0.1, 0.15) is 20.8 Å². The monoisotopic (exact) mass is 156 g/mol. The summed E-state index contributed by atoms with van der Waals surface area (Å²) < 4.78 is 6.92. The van der Waals surface area contributed by atoms with Crippen LogP contribution in [0.2, 0.25) is 0 Å². The quantitative estimate of drug-likeness (QED) is 0.562. The zero-order chi connectivity index (χ0) is 9.19. The third-order valence-electron chi connectivity index (χ3n) is 1.45. The van der Waals surface area contributed by atoms with Gasteiger partial charge in [0, 0.05) is 0 Å². The summed E-state index contributed by atoms with van der Waals surface area (Å²) >= 11 is 2.07. The molecule has 1 nitrogen and oxygen atoms in total. The molecule has 0 amide bonds. The van der Waals surface area contributed by atoms with E-state index in [2.05, 4.69) is 29.8 Å². The molecule has 0 fully saturated rings. The number of hydrogen-bond acceptors (Lipinski definition) is 1. The van der Waals surface area contributed by atoms with Crippen molar-refractivity contribution in [2.24, 2.45) is 0 Å². The Labute approximate surface area is 83.3 Å². The van der Waals surface area contributed by atoms with E-state index in [9.17, 15) is 0 Å². The van der Waals surface area contributed by atoms with Crippen molar-refractivity contribution in [3.8, 4) is 5.75 Å². The number of hydrogen-bond donors (Lipinski definition) is 0. The molecular formula is C10H13LiO. The van der Waals surface area contributed by atoms with Crippen LogP contribution in [0, 0.1) is 0 Å². The third kappa shape index (κ3) is 3.34. The minimum absolute atomic E-state index is 0.102. The second-order valence-corrected chi connectivity index (χ2v) is 4.03. The maximum atomic E-state index is 5.66. The van der Waals surface area contributed by atoms with Gasteiger partial charge in [-0.3, -0.25) is 0 Å². The van der Waals surface area contributed by atoms with Crippen molar-refractivity contribution >= 4 is 22.0 Å². The van der Waals surface area contributed by atoms with Crippen LogP contribution >= 0.6 is 0 Å². The van der Waals surface area contributed by atoms with E-state index in [0.29, 0.717) is 0 Å². The normalized spacial score (nSPS) is 11.4. The second-order valence-electron chi connectivity index (χ2n) is 4.03. The molecule has 0 N–H and O–H groups in total. The minimum atomic E-state index is -0.102. The fourth-order valence-corrected chi connectivity index (χ4v) is 0.960. The fourth-order valence-electron chi connectivity index (χ4n) is 0.960. The summed E-state index contributed by atoms with van der Waals surface area (Å²) in [5.41, 5.74) is -0.102. The van der Waals surface area contributed by atoms with Crippen molar-refractivity contribution in [1.29, 1.82) is 0 Å². The Morgan fingerprint density at radius 1 is 1.08 bits per heavy atom. The summed E-state index contributed by atoms with van der Waals surface area (Å²) in [6, 6.07) is 8.11. The van der Waals surface area contributed by atoms with Gasteiger partial charge in [0.05, 0.1) is 0 Å². The first-order valence-electron chi connectivity index (χ1n) is 4.23. The van der Waals surface area contributed by atoms with E-state index in [1.54, 1.807) is 0 Å². The van der Waals surface area contributed by atoms with Gasteiger partial charge in [-0.15, -0.1) is 0 Å². The predicted octanol–water partition coefficient (Wildman–Crippen LogP) is 1.66. The van der Waals surface area contributed by atoms with Crippen LogP contribution in [0.4, 0.5) is 0 Å². The molecule has 0 saturated carbocycles. The van der Waals surface area contributed by atoms with E-state index >= 15 is 0 Å². The molecule has 0 unspecified atom stereocenters.